The molecule has 0 bridgehead atoms. The van der Waals surface area contributed by atoms with Crippen LogP contribution in [0.3, 0.4) is 0 Å². The summed E-state index contributed by atoms with van der Waals surface area (Å²) < 4.78 is 5.20. The Morgan fingerprint density at radius 1 is 1.47 bits per heavy atom. The average Bonchev–Trinajstić information content (AvgIpc) is 2.36. The number of carbonyl (C=O) groups is 1. The maximum Gasteiger partial charge on any atom is 0.314 e. The molecule has 0 amide bonds. The Labute approximate surface area is 114 Å². The number of methoxy groups -OCH3 is 1. The third-order valence-corrected chi connectivity index (χ3v) is 3.78. The molecule has 1 aromatic carbocycles. The van der Waals surface area contributed by atoms with Crippen LogP contribution in [0.15, 0.2) is 18.2 Å². The van der Waals surface area contributed by atoms with Crippen molar-refractivity contribution in [2.45, 2.75) is 39.0 Å². The fraction of sp³-hybridized carbons (Fsp3) is 0.533. The summed E-state index contributed by atoms with van der Waals surface area (Å²) >= 11 is 0. The largest absolute Gasteiger partial charge is 0.495 e. The van der Waals surface area contributed by atoms with E-state index in [0.29, 0.717) is 23.4 Å². The summed E-state index contributed by atoms with van der Waals surface area (Å²) in [7, 11) is 1.53. The number of hydrogen-bond donors (Lipinski definition) is 2. The second kappa shape index (κ2) is 5.95. The molecule has 0 saturated carbocycles. The number of aliphatic carboxylic acids is 1. The molecule has 3 N–H and O–H groups in total. The van der Waals surface area contributed by atoms with Crippen molar-refractivity contribution in [2.24, 2.45) is 5.92 Å². The summed E-state index contributed by atoms with van der Waals surface area (Å²) in [5, 5.41) is 9.77. The van der Waals surface area contributed by atoms with E-state index in [1.54, 1.807) is 18.2 Å². The van der Waals surface area contributed by atoms with Crippen molar-refractivity contribution in [3.63, 3.8) is 0 Å². The minimum absolute atomic E-state index is 0.0562. The number of hydrogen-bond acceptors (Lipinski definition) is 3. The van der Waals surface area contributed by atoms with Crippen molar-refractivity contribution in [1.82, 2.24) is 0 Å². The quantitative estimate of drug-likeness (QED) is 0.775. The molecule has 0 aromatic heterocycles. The highest BCUT2D eigenvalue weighted by atomic mass is 16.5. The molecule has 1 aromatic rings. The first-order valence-electron chi connectivity index (χ1n) is 6.58. The van der Waals surface area contributed by atoms with Crippen LogP contribution in [0.1, 0.15) is 39.2 Å². The van der Waals surface area contributed by atoms with Crippen LogP contribution < -0.4 is 10.5 Å². The predicted octanol–water partition coefficient (Wildman–Crippen LogP) is 3.06. The lowest BCUT2D eigenvalue weighted by atomic mass is 9.68. The lowest BCUT2D eigenvalue weighted by Crippen LogP contribution is -2.41. The first kappa shape index (κ1) is 15.3. The average molecular weight is 265 g/mol. The number of anilines is 1. The van der Waals surface area contributed by atoms with Crippen LogP contribution in [0.2, 0.25) is 0 Å². The van der Waals surface area contributed by atoms with E-state index in [0.717, 1.165) is 6.42 Å². The third kappa shape index (κ3) is 2.53. The van der Waals surface area contributed by atoms with Gasteiger partial charge in [-0.05, 0) is 24.0 Å². The maximum atomic E-state index is 11.9. The van der Waals surface area contributed by atoms with E-state index in [2.05, 4.69) is 0 Å². The molecule has 0 aliphatic carbocycles. The van der Waals surface area contributed by atoms with E-state index in [9.17, 15) is 9.90 Å². The molecule has 0 saturated heterocycles. The zero-order valence-electron chi connectivity index (χ0n) is 12.1. The van der Waals surface area contributed by atoms with Crippen LogP contribution in [0.5, 0.6) is 5.75 Å². The molecule has 0 aliphatic rings. The van der Waals surface area contributed by atoms with Crippen molar-refractivity contribution in [1.29, 1.82) is 0 Å². The van der Waals surface area contributed by atoms with Gasteiger partial charge in [-0.25, -0.2) is 0 Å². The summed E-state index contributed by atoms with van der Waals surface area (Å²) in [6.07, 6.45) is 1.33. The summed E-state index contributed by atoms with van der Waals surface area (Å²) in [4.78, 5) is 11.9. The van der Waals surface area contributed by atoms with Gasteiger partial charge >= 0.3 is 5.97 Å². The van der Waals surface area contributed by atoms with Crippen LogP contribution in [0.25, 0.3) is 0 Å². The topological polar surface area (TPSA) is 72.5 Å². The van der Waals surface area contributed by atoms with Gasteiger partial charge in [0, 0.05) is 0 Å². The van der Waals surface area contributed by atoms with E-state index in [1.807, 2.05) is 20.8 Å². The number of ether oxygens (including phenoxy) is 1. The zero-order chi connectivity index (χ0) is 14.6. The highest BCUT2D eigenvalue weighted by Crippen LogP contribution is 2.42. The van der Waals surface area contributed by atoms with Crippen molar-refractivity contribution in [3.8, 4) is 5.75 Å². The van der Waals surface area contributed by atoms with Crippen LogP contribution in [-0.2, 0) is 10.2 Å². The summed E-state index contributed by atoms with van der Waals surface area (Å²) in [5.74, 6) is -0.358. The number of nitrogen functional groups attached to an aromatic ring is 1. The minimum Gasteiger partial charge on any atom is -0.495 e. The van der Waals surface area contributed by atoms with Crippen LogP contribution in [0, 0.1) is 5.92 Å². The van der Waals surface area contributed by atoms with Gasteiger partial charge in [0.1, 0.15) is 5.75 Å². The number of carboxylic acids is 1. The standard InChI is InChI=1S/C15H23NO3/c1-5-9-15(10(2)3,14(17)18)11-7-6-8-12(19-4)13(11)16/h6-8,10H,5,9,16H2,1-4H3,(H,17,18). The van der Waals surface area contributed by atoms with E-state index >= 15 is 0 Å². The number of carboxylic acid groups (broad SMARTS) is 1. The molecule has 1 atom stereocenters. The lowest BCUT2D eigenvalue weighted by molar-refractivity contribution is -0.146. The van der Waals surface area contributed by atoms with Gasteiger partial charge in [0.05, 0.1) is 18.2 Å². The fourth-order valence-corrected chi connectivity index (χ4v) is 2.71. The minimum atomic E-state index is -0.965. The molecule has 19 heavy (non-hydrogen) atoms. The second-order valence-corrected chi connectivity index (χ2v) is 5.10. The number of nitrogens with two attached hydrogens (primary N) is 1. The van der Waals surface area contributed by atoms with Gasteiger partial charge in [-0.2, -0.15) is 0 Å². The van der Waals surface area contributed by atoms with E-state index in [-0.39, 0.29) is 5.92 Å². The van der Waals surface area contributed by atoms with Gasteiger partial charge < -0.3 is 15.6 Å². The first-order valence-corrected chi connectivity index (χ1v) is 6.58. The molecule has 4 heteroatoms. The molecule has 1 unspecified atom stereocenters. The number of rotatable bonds is 6. The Bertz CT molecular complexity index is 457. The van der Waals surface area contributed by atoms with Crippen LogP contribution in [-0.4, -0.2) is 18.2 Å². The Hall–Kier alpha value is -1.71. The smallest absolute Gasteiger partial charge is 0.314 e. The molecule has 0 aliphatic heterocycles. The summed E-state index contributed by atoms with van der Waals surface area (Å²) in [6, 6.07) is 5.33. The Morgan fingerprint density at radius 2 is 2.11 bits per heavy atom. The summed E-state index contributed by atoms with van der Waals surface area (Å²) in [5.41, 5.74) is 6.21. The van der Waals surface area contributed by atoms with Gasteiger partial charge in [-0.3, -0.25) is 4.79 Å². The molecule has 4 nitrogen and oxygen atoms in total. The fourth-order valence-electron chi connectivity index (χ4n) is 2.71. The van der Waals surface area contributed by atoms with E-state index in [4.69, 9.17) is 10.5 Å². The highest BCUT2D eigenvalue weighted by molar-refractivity contribution is 5.85. The lowest BCUT2D eigenvalue weighted by Gasteiger charge is -2.35. The van der Waals surface area contributed by atoms with Crippen molar-refractivity contribution < 1.29 is 14.6 Å². The van der Waals surface area contributed by atoms with Gasteiger partial charge in [-0.1, -0.05) is 39.3 Å². The Balaban J connectivity index is 3.53. The van der Waals surface area contributed by atoms with Gasteiger partial charge in [0.2, 0.25) is 0 Å². The Morgan fingerprint density at radius 3 is 2.53 bits per heavy atom. The maximum absolute atomic E-state index is 11.9. The normalized spacial score (nSPS) is 14.2. The zero-order valence-corrected chi connectivity index (χ0v) is 12.1. The third-order valence-electron chi connectivity index (χ3n) is 3.78. The van der Waals surface area contributed by atoms with E-state index < -0.39 is 11.4 Å². The molecule has 0 heterocycles. The number of benzene rings is 1. The van der Waals surface area contributed by atoms with Crippen molar-refractivity contribution in [3.05, 3.63) is 23.8 Å². The monoisotopic (exact) mass is 265 g/mol. The molecular formula is C15H23NO3. The molecule has 1 rings (SSSR count). The van der Waals surface area contributed by atoms with Crippen molar-refractivity contribution >= 4 is 11.7 Å². The van der Waals surface area contributed by atoms with Gasteiger partial charge in [-0.15, -0.1) is 0 Å². The molecule has 0 spiro atoms. The van der Waals surface area contributed by atoms with Gasteiger partial charge in [0.25, 0.3) is 0 Å². The molecule has 0 radical (unpaired) electrons. The molecule has 0 fully saturated rings. The highest BCUT2D eigenvalue weighted by Gasteiger charge is 2.44. The first-order chi connectivity index (χ1) is 8.91. The van der Waals surface area contributed by atoms with Crippen molar-refractivity contribution in [2.75, 3.05) is 12.8 Å². The SMILES string of the molecule is CCCC(C(=O)O)(c1cccc(OC)c1N)C(C)C. The molecule has 106 valence electrons. The van der Waals surface area contributed by atoms with Crippen LogP contribution >= 0.6 is 0 Å². The predicted molar refractivity (Wildman–Crippen MR) is 76.5 cm³/mol. The van der Waals surface area contributed by atoms with Crippen LogP contribution in [0.4, 0.5) is 5.69 Å². The van der Waals surface area contributed by atoms with E-state index in [1.165, 1.54) is 7.11 Å². The molecular weight excluding hydrogens is 242 g/mol. The summed E-state index contributed by atoms with van der Waals surface area (Å²) in [6.45, 7) is 5.82. The second-order valence-electron chi connectivity index (χ2n) is 5.10. The van der Waals surface area contributed by atoms with Gasteiger partial charge in [0.15, 0.2) is 0 Å². The Kier molecular flexibility index (Phi) is 4.81. The number of para-hydroxylation sites is 1.